The summed E-state index contributed by atoms with van der Waals surface area (Å²) in [6.45, 7) is 2.32. The Balaban J connectivity index is 1.60. The van der Waals surface area contributed by atoms with E-state index in [0.29, 0.717) is 6.54 Å². The number of carboxylic acids is 1. The minimum absolute atomic E-state index is 0.183. The number of carboxylic acid groups (broad SMARTS) is 1. The summed E-state index contributed by atoms with van der Waals surface area (Å²) >= 11 is 0. The molecule has 1 saturated heterocycles. The standard InChI is InChI=1S/C26H28N2O4/c29-24-18-27(16-23(25(24)30)26(31)32)15-21-13-7-8-14-28(21)17-22(19-9-3-1-4-10-19)20-11-5-2-6-12-20/h1-6,9-12,16,18,21-22,29H,7-8,13-15,17H2,(H,31,32). The van der Waals surface area contributed by atoms with E-state index in [-0.39, 0.29) is 12.0 Å². The van der Waals surface area contributed by atoms with Gasteiger partial charge in [-0.2, -0.15) is 0 Å². The van der Waals surface area contributed by atoms with Gasteiger partial charge in [-0.1, -0.05) is 67.1 Å². The fourth-order valence-corrected chi connectivity index (χ4v) is 4.63. The summed E-state index contributed by atoms with van der Waals surface area (Å²) in [7, 11) is 0. The molecule has 6 nitrogen and oxygen atoms in total. The number of aromatic carboxylic acids is 1. The van der Waals surface area contributed by atoms with E-state index in [0.717, 1.165) is 32.4 Å². The lowest BCUT2D eigenvalue weighted by atomic mass is 9.89. The third-order valence-corrected chi connectivity index (χ3v) is 6.28. The first-order chi connectivity index (χ1) is 15.5. The Morgan fingerprint density at radius 1 is 0.969 bits per heavy atom. The summed E-state index contributed by atoms with van der Waals surface area (Å²) in [6.07, 6.45) is 5.87. The molecule has 0 radical (unpaired) electrons. The molecule has 1 atom stereocenters. The Morgan fingerprint density at radius 2 is 1.59 bits per heavy atom. The van der Waals surface area contributed by atoms with Gasteiger partial charge in [0.25, 0.3) is 0 Å². The predicted octanol–water partition coefficient (Wildman–Crippen LogP) is 3.94. The van der Waals surface area contributed by atoms with Gasteiger partial charge in [-0.25, -0.2) is 4.79 Å². The summed E-state index contributed by atoms with van der Waals surface area (Å²) in [5.41, 5.74) is 1.27. The number of pyridine rings is 1. The van der Waals surface area contributed by atoms with Gasteiger partial charge < -0.3 is 14.8 Å². The lowest BCUT2D eigenvalue weighted by Gasteiger charge is -2.38. The smallest absolute Gasteiger partial charge is 0.341 e. The Bertz CT molecular complexity index is 1070. The minimum atomic E-state index is -1.33. The molecule has 6 heteroatoms. The zero-order valence-corrected chi connectivity index (χ0v) is 17.9. The minimum Gasteiger partial charge on any atom is -0.503 e. The molecule has 2 heterocycles. The maximum atomic E-state index is 11.9. The third-order valence-electron chi connectivity index (χ3n) is 6.28. The molecule has 4 rings (SSSR count). The van der Waals surface area contributed by atoms with Gasteiger partial charge in [0.1, 0.15) is 5.56 Å². The highest BCUT2D eigenvalue weighted by Crippen LogP contribution is 2.29. The van der Waals surface area contributed by atoms with Crippen LogP contribution in [0, 0.1) is 0 Å². The van der Waals surface area contributed by atoms with Crippen LogP contribution in [0.4, 0.5) is 0 Å². The highest BCUT2D eigenvalue weighted by atomic mass is 16.4. The number of piperidine rings is 1. The second-order valence-electron chi connectivity index (χ2n) is 8.41. The van der Waals surface area contributed by atoms with Crippen LogP contribution in [0.1, 0.15) is 46.7 Å². The largest absolute Gasteiger partial charge is 0.503 e. The topological polar surface area (TPSA) is 82.8 Å². The summed E-state index contributed by atoms with van der Waals surface area (Å²) in [5, 5.41) is 19.3. The predicted molar refractivity (Wildman–Crippen MR) is 123 cm³/mol. The molecule has 2 aromatic carbocycles. The average molecular weight is 433 g/mol. The molecule has 1 aliphatic rings. The summed E-state index contributed by atoms with van der Waals surface area (Å²) in [5.74, 6) is -1.64. The number of hydrogen-bond donors (Lipinski definition) is 2. The van der Waals surface area contributed by atoms with Crippen molar-refractivity contribution in [2.75, 3.05) is 13.1 Å². The van der Waals surface area contributed by atoms with E-state index in [1.807, 2.05) is 12.1 Å². The van der Waals surface area contributed by atoms with E-state index in [1.54, 1.807) is 4.57 Å². The van der Waals surface area contributed by atoms with Gasteiger partial charge in [-0.15, -0.1) is 0 Å². The van der Waals surface area contributed by atoms with Gasteiger partial charge >= 0.3 is 5.97 Å². The quantitative estimate of drug-likeness (QED) is 0.591. The maximum Gasteiger partial charge on any atom is 0.341 e. The van der Waals surface area contributed by atoms with Gasteiger partial charge in [0, 0.05) is 37.4 Å². The molecule has 2 N–H and O–H groups in total. The molecule has 1 fully saturated rings. The van der Waals surface area contributed by atoms with Crippen molar-refractivity contribution in [2.45, 2.75) is 37.8 Å². The van der Waals surface area contributed by atoms with Crippen molar-refractivity contribution in [3.8, 4) is 5.75 Å². The Kier molecular flexibility index (Phi) is 6.71. The van der Waals surface area contributed by atoms with E-state index in [4.69, 9.17) is 0 Å². The Labute approximate surface area is 187 Å². The number of nitrogens with zero attached hydrogens (tertiary/aromatic N) is 2. The first kappa shape index (κ1) is 21.8. The molecule has 1 aliphatic heterocycles. The number of rotatable bonds is 7. The number of hydrogen-bond acceptors (Lipinski definition) is 4. The van der Waals surface area contributed by atoms with Gasteiger partial charge in [-0.3, -0.25) is 9.69 Å². The normalized spacial score (nSPS) is 16.8. The van der Waals surface area contributed by atoms with Crippen molar-refractivity contribution in [1.82, 2.24) is 9.47 Å². The number of aromatic nitrogens is 1. The highest BCUT2D eigenvalue weighted by Gasteiger charge is 2.27. The van der Waals surface area contributed by atoms with Crippen LogP contribution in [0.3, 0.4) is 0 Å². The fraction of sp³-hybridized carbons (Fsp3) is 0.308. The molecule has 32 heavy (non-hydrogen) atoms. The van der Waals surface area contributed by atoms with Crippen LogP contribution < -0.4 is 5.43 Å². The Hall–Kier alpha value is -3.38. The van der Waals surface area contributed by atoms with E-state index >= 15 is 0 Å². The molecule has 0 bridgehead atoms. The first-order valence-corrected chi connectivity index (χ1v) is 11.0. The van der Waals surface area contributed by atoms with Crippen molar-refractivity contribution in [3.05, 3.63) is 100.0 Å². The molecule has 0 spiro atoms. The van der Waals surface area contributed by atoms with Crippen molar-refractivity contribution in [3.63, 3.8) is 0 Å². The third kappa shape index (κ3) is 4.92. The molecule has 1 unspecified atom stereocenters. The van der Waals surface area contributed by atoms with Crippen LogP contribution in [0.25, 0.3) is 0 Å². The number of carbonyl (C=O) groups is 1. The molecule has 3 aromatic rings. The zero-order chi connectivity index (χ0) is 22.5. The number of likely N-dealkylation sites (tertiary alicyclic amines) is 1. The molecule has 1 aromatic heterocycles. The van der Waals surface area contributed by atoms with Crippen molar-refractivity contribution < 1.29 is 15.0 Å². The zero-order valence-electron chi connectivity index (χ0n) is 17.9. The van der Waals surface area contributed by atoms with Crippen molar-refractivity contribution in [1.29, 1.82) is 0 Å². The molecular formula is C26H28N2O4. The first-order valence-electron chi connectivity index (χ1n) is 11.0. The van der Waals surface area contributed by atoms with E-state index in [2.05, 4.69) is 53.4 Å². The van der Waals surface area contributed by atoms with Gasteiger partial charge in [0.15, 0.2) is 5.75 Å². The molecular weight excluding hydrogens is 404 g/mol. The summed E-state index contributed by atoms with van der Waals surface area (Å²) < 4.78 is 1.64. The van der Waals surface area contributed by atoms with Gasteiger partial charge in [0.2, 0.25) is 5.43 Å². The van der Waals surface area contributed by atoms with Crippen LogP contribution in [0.15, 0.2) is 77.9 Å². The number of aromatic hydroxyl groups is 1. The van der Waals surface area contributed by atoms with Crippen molar-refractivity contribution >= 4 is 5.97 Å². The average Bonchev–Trinajstić information content (AvgIpc) is 2.81. The van der Waals surface area contributed by atoms with E-state index in [1.165, 1.54) is 23.5 Å². The van der Waals surface area contributed by atoms with Crippen LogP contribution in [-0.4, -0.2) is 44.8 Å². The number of benzene rings is 2. The lowest BCUT2D eigenvalue weighted by Crippen LogP contribution is -2.44. The van der Waals surface area contributed by atoms with Crippen LogP contribution >= 0.6 is 0 Å². The molecule has 0 saturated carbocycles. The summed E-state index contributed by atoms with van der Waals surface area (Å²) in [4.78, 5) is 25.8. The van der Waals surface area contributed by atoms with E-state index in [9.17, 15) is 19.8 Å². The second kappa shape index (κ2) is 9.83. The monoisotopic (exact) mass is 432 g/mol. The van der Waals surface area contributed by atoms with Crippen LogP contribution in [-0.2, 0) is 6.54 Å². The van der Waals surface area contributed by atoms with Gasteiger partial charge in [0.05, 0.1) is 0 Å². The fourth-order valence-electron chi connectivity index (χ4n) is 4.63. The van der Waals surface area contributed by atoms with Crippen molar-refractivity contribution in [2.24, 2.45) is 0 Å². The molecule has 0 aliphatic carbocycles. The Morgan fingerprint density at radius 3 is 2.19 bits per heavy atom. The lowest BCUT2D eigenvalue weighted by molar-refractivity contribution is 0.0693. The van der Waals surface area contributed by atoms with Gasteiger partial charge in [-0.05, 0) is 30.5 Å². The molecule has 166 valence electrons. The van der Waals surface area contributed by atoms with Crippen LogP contribution in [0.2, 0.25) is 0 Å². The van der Waals surface area contributed by atoms with Crippen LogP contribution in [0.5, 0.6) is 5.75 Å². The van der Waals surface area contributed by atoms with E-state index < -0.39 is 22.7 Å². The SMILES string of the molecule is O=C(O)c1cn(CC2CCCCN2CC(c2ccccc2)c2ccccc2)cc(O)c1=O. The molecule has 0 amide bonds. The maximum absolute atomic E-state index is 11.9. The second-order valence-corrected chi connectivity index (χ2v) is 8.41. The summed E-state index contributed by atoms with van der Waals surface area (Å²) in [6, 6.07) is 21.1. The highest BCUT2D eigenvalue weighted by molar-refractivity contribution is 5.87.